The van der Waals surface area contributed by atoms with Gasteiger partial charge >= 0.3 is 5.51 Å². The van der Waals surface area contributed by atoms with E-state index < -0.39 is 43.7 Å². The molecule has 5 rings (SSSR count). The Morgan fingerprint density at radius 2 is 1.72 bits per heavy atom. The fraction of sp³-hybridized carbons (Fsp3) is 0.545. The Balaban J connectivity index is 1.20. The molecule has 1 amide bonds. The molecule has 2 aromatic rings. The van der Waals surface area contributed by atoms with Gasteiger partial charge in [-0.25, -0.2) is 17.2 Å². The maximum absolute atomic E-state index is 14.0. The highest BCUT2D eigenvalue weighted by Crippen LogP contribution is 2.65. The summed E-state index contributed by atoms with van der Waals surface area (Å²) in [6.07, 6.45) is 1.67. The van der Waals surface area contributed by atoms with Gasteiger partial charge < -0.3 is 16.0 Å². The lowest BCUT2D eigenvalue weighted by Gasteiger charge is -2.39. The number of anilines is 3. The highest BCUT2D eigenvalue weighted by atomic mass is 32.2. The van der Waals surface area contributed by atoms with Gasteiger partial charge in [-0.3, -0.25) is 9.69 Å². The van der Waals surface area contributed by atoms with E-state index in [0.717, 1.165) is 63.7 Å². The Kier molecular flexibility index (Phi) is 9.24. The third kappa shape index (κ3) is 6.76. The molecule has 1 saturated carbocycles. The van der Waals surface area contributed by atoms with Crippen molar-refractivity contribution in [2.24, 2.45) is 16.7 Å². The first-order chi connectivity index (χ1) is 21.5. The van der Waals surface area contributed by atoms with Crippen molar-refractivity contribution >= 4 is 32.8 Å². The number of piperazine rings is 1. The van der Waals surface area contributed by atoms with Crippen molar-refractivity contribution in [3.8, 4) is 0 Å². The highest BCUT2D eigenvalue weighted by molar-refractivity contribution is 7.92. The number of halogens is 5. The molecule has 2 aliphatic carbocycles. The van der Waals surface area contributed by atoms with E-state index in [1.54, 1.807) is 24.3 Å². The summed E-state index contributed by atoms with van der Waals surface area (Å²) in [4.78, 5) is 16.3. The number of benzene rings is 2. The van der Waals surface area contributed by atoms with E-state index in [1.165, 1.54) is 17.2 Å². The van der Waals surface area contributed by atoms with E-state index in [2.05, 4.69) is 29.0 Å². The first kappa shape index (κ1) is 34.2. The Hall–Kier alpha value is -3.19. The van der Waals surface area contributed by atoms with Crippen LogP contribution in [0.5, 0.6) is 0 Å². The summed E-state index contributed by atoms with van der Waals surface area (Å²) in [6, 6.07) is 9.70. The molecule has 3 N–H and O–H groups in total. The number of rotatable bonds is 9. The minimum atomic E-state index is -5.69. The fourth-order valence-electron chi connectivity index (χ4n) is 6.94. The molecule has 3 aliphatic rings. The number of carbonyl (C=O) groups is 1. The van der Waals surface area contributed by atoms with Crippen molar-refractivity contribution < 1.29 is 35.2 Å². The number of nitrogens with one attached hydrogen (secondary N) is 1. The van der Waals surface area contributed by atoms with Crippen LogP contribution in [-0.2, 0) is 9.84 Å². The van der Waals surface area contributed by atoms with Gasteiger partial charge in [0.1, 0.15) is 4.90 Å². The Labute approximate surface area is 266 Å². The number of hydrogen-bond acceptors (Lipinski definition) is 6. The number of sulfone groups is 1. The van der Waals surface area contributed by atoms with Crippen LogP contribution < -0.4 is 16.0 Å². The maximum Gasteiger partial charge on any atom is 0.501 e. The van der Waals surface area contributed by atoms with E-state index >= 15 is 0 Å². The largest absolute Gasteiger partial charge is 0.501 e. The predicted octanol–water partition coefficient (Wildman–Crippen LogP) is 7.12. The Bertz CT molecular complexity index is 1600. The van der Waals surface area contributed by atoms with Crippen molar-refractivity contribution in [3.05, 3.63) is 59.2 Å². The van der Waals surface area contributed by atoms with Crippen LogP contribution in [0.2, 0.25) is 0 Å². The Morgan fingerprint density at radius 3 is 2.28 bits per heavy atom. The van der Waals surface area contributed by atoms with E-state index in [1.807, 2.05) is 6.92 Å². The normalized spacial score (nSPS) is 23.9. The second-order valence-electron chi connectivity index (χ2n) is 13.6. The summed E-state index contributed by atoms with van der Waals surface area (Å²) < 4.78 is 90.9. The third-order valence-corrected chi connectivity index (χ3v) is 11.5. The van der Waals surface area contributed by atoms with Crippen molar-refractivity contribution in [1.29, 1.82) is 0 Å². The molecule has 46 heavy (non-hydrogen) atoms. The van der Waals surface area contributed by atoms with Gasteiger partial charge in [0, 0.05) is 55.1 Å². The van der Waals surface area contributed by atoms with Crippen molar-refractivity contribution in [1.82, 2.24) is 4.90 Å². The molecule has 2 atom stereocenters. The number of carbonyl (C=O) groups excluding carboxylic acids is 1. The van der Waals surface area contributed by atoms with Crippen LogP contribution in [0.3, 0.4) is 0 Å². The van der Waals surface area contributed by atoms with Crippen LogP contribution >= 0.6 is 0 Å². The number of nitrogens with zero attached hydrogens (tertiary/aromatic N) is 2. The second kappa shape index (κ2) is 12.4. The molecule has 0 aromatic heterocycles. The summed E-state index contributed by atoms with van der Waals surface area (Å²) in [6.45, 7) is 10.3. The molecule has 0 bridgehead atoms. The van der Waals surface area contributed by atoms with Crippen LogP contribution in [0.25, 0.3) is 0 Å². The molecule has 0 spiro atoms. The molecular formula is C33H41F5N4O3S. The van der Waals surface area contributed by atoms with Gasteiger partial charge in [0.25, 0.3) is 15.7 Å². The van der Waals surface area contributed by atoms with Gasteiger partial charge in [0.2, 0.25) is 6.43 Å². The lowest BCUT2D eigenvalue weighted by molar-refractivity contribution is -0.0435. The zero-order valence-electron chi connectivity index (χ0n) is 26.3. The maximum atomic E-state index is 14.0. The number of nitrogens with two attached hydrogens (primary N) is 1. The van der Waals surface area contributed by atoms with Gasteiger partial charge in [-0.2, -0.15) is 13.2 Å². The molecule has 2 unspecified atom stereocenters. The molecule has 252 valence electrons. The van der Waals surface area contributed by atoms with Crippen LogP contribution in [0.1, 0.15) is 63.2 Å². The smallest absolute Gasteiger partial charge is 0.398 e. The summed E-state index contributed by atoms with van der Waals surface area (Å²) in [5.74, 6) is -0.634. The number of alkyl halides is 5. The number of allylic oxidation sites excluding steroid dienone is 1. The quantitative estimate of drug-likeness (QED) is 0.168. The van der Waals surface area contributed by atoms with Gasteiger partial charge in [-0.15, -0.1) is 0 Å². The van der Waals surface area contributed by atoms with Crippen LogP contribution in [0, 0.1) is 16.7 Å². The van der Waals surface area contributed by atoms with Crippen molar-refractivity contribution in [3.63, 3.8) is 0 Å². The summed E-state index contributed by atoms with van der Waals surface area (Å²) in [7, 11) is -5.69. The molecule has 1 aliphatic heterocycles. The van der Waals surface area contributed by atoms with Gasteiger partial charge in [0.05, 0.1) is 5.69 Å². The summed E-state index contributed by atoms with van der Waals surface area (Å²) in [5.41, 5.74) is 2.26. The molecule has 13 heteroatoms. The molecule has 7 nitrogen and oxygen atoms in total. The van der Waals surface area contributed by atoms with Gasteiger partial charge in [-0.05, 0) is 85.9 Å². The lowest BCUT2D eigenvalue weighted by atomic mass is 9.72. The Morgan fingerprint density at radius 1 is 1.07 bits per heavy atom. The highest BCUT2D eigenvalue weighted by Gasteiger charge is 2.61. The first-order valence-electron chi connectivity index (χ1n) is 15.6. The van der Waals surface area contributed by atoms with Crippen molar-refractivity contribution in [2.45, 2.75) is 69.7 Å². The van der Waals surface area contributed by atoms with E-state index in [-0.39, 0.29) is 22.6 Å². The molecule has 2 fully saturated rings. The fourth-order valence-corrected chi connectivity index (χ4v) is 7.85. The van der Waals surface area contributed by atoms with E-state index in [9.17, 15) is 35.2 Å². The molecule has 1 saturated heterocycles. The predicted molar refractivity (Wildman–Crippen MR) is 169 cm³/mol. The van der Waals surface area contributed by atoms with Crippen molar-refractivity contribution in [2.75, 3.05) is 48.7 Å². The number of amides is 1. The molecule has 2 aromatic carbocycles. The van der Waals surface area contributed by atoms with Crippen LogP contribution in [0.4, 0.5) is 39.0 Å². The molecule has 0 radical (unpaired) electrons. The molecular weight excluding hydrogens is 627 g/mol. The lowest BCUT2D eigenvalue weighted by Crippen LogP contribution is -2.47. The second-order valence-corrected chi connectivity index (χ2v) is 15.5. The summed E-state index contributed by atoms with van der Waals surface area (Å²) >= 11 is 0. The first-order valence-corrected chi connectivity index (χ1v) is 17.0. The summed E-state index contributed by atoms with van der Waals surface area (Å²) in [5, 5.41) is 2.44. The van der Waals surface area contributed by atoms with Crippen LogP contribution in [0.15, 0.2) is 58.5 Å². The number of hydrogen-bond donors (Lipinski definition) is 2. The van der Waals surface area contributed by atoms with Gasteiger partial charge in [0.15, 0.2) is 0 Å². The topological polar surface area (TPSA) is 95.7 Å². The average molecular weight is 669 g/mol. The minimum Gasteiger partial charge on any atom is -0.398 e. The number of nitrogen functional groups attached to an aromatic ring is 1. The standard InChI is InChI=1S/C33H41F5N4O3S/c1-4-32(30(34)35)19-26(32)25-18-31(2,3)12-11-22(25)20-41-13-15-42(16-14-41)24-8-5-21(6-9-24)29(43)40-23-7-10-27(39)28(17-23)46(44,45)33(36,37)38/h5-10,17,26,30H,4,11-16,18-20,39H2,1-3H3,(H,40,43). The zero-order valence-corrected chi connectivity index (χ0v) is 27.1. The molecule has 1 heterocycles. The van der Waals surface area contributed by atoms with Gasteiger partial charge in [-0.1, -0.05) is 31.9 Å². The average Bonchev–Trinajstić information content (AvgIpc) is 3.75. The third-order valence-electron chi connectivity index (χ3n) is 10.0. The minimum absolute atomic E-state index is 0.0147. The van der Waals surface area contributed by atoms with E-state index in [4.69, 9.17) is 5.73 Å². The van der Waals surface area contributed by atoms with E-state index in [0.29, 0.717) is 18.9 Å². The monoisotopic (exact) mass is 668 g/mol. The SMILES string of the molecule is CCC1(C(F)F)CC1C1=C(CN2CCN(c3ccc(C(=O)Nc4ccc(N)c(S(=O)(=O)C(F)(F)F)c4)cc3)CC2)CCC(C)(C)C1. The zero-order chi connectivity index (χ0) is 33.7. The van der Waals surface area contributed by atoms with Crippen LogP contribution in [-0.4, -0.2) is 63.9 Å².